The Labute approximate surface area is 98.8 Å². The van der Waals surface area contributed by atoms with Crippen LogP contribution < -0.4 is 11.1 Å². The van der Waals surface area contributed by atoms with Gasteiger partial charge in [0, 0.05) is 24.7 Å². The Morgan fingerprint density at radius 3 is 2.56 bits per heavy atom. The Morgan fingerprint density at radius 2 is 2.06 bits per heavy atom. The third-order valence-corrected chi connectivity index (χ3v) is 4.72. The molecule has 3 unspecified atom stereocenters. The molecule has 0 spiro atoms. The Balaban J connectivity index is 1.99. The molecule has 2 aliphatic rings. The summed E-state index contributed by atoms with van der Waals surface area (Å²) in [7, 11) is 0. The van der Waals surface area contributed by atoms with Gasteiger partial charge in [0.2, 0.25) is 0 Å². The highest BCUT2D eigenvalue weighted by Gasteiger charge is 2.45. The molecule has 3 nitrogen and oxygen atoms in total. The predicted octanol–water partition coefficient (Wildman–Crippen LogP) is 1.25. The summed E-state index contributed by atoms with van der Waals surface area (Å²) in [6.45, 7) is 3.30. The van der Waals surface area contributed by atoms with Crippen molar-refractivity contribution in [1.29, 1.82) is 0 Å². The lowest BCUT2D eigenvalue weighted by Gasteiger charge is -2.38. The topological polar surface area (TPSA) is 58.3 Å². The highest BCUT2D eigenvalue weighted by Crippen LogP contribution is 2.42. The second-order valence-electron chi connectivity index (χ2n) is 5.61. The molecule has 2 fully saturated rings. The van der Waals surface area contributed by atoms with Crippen LogP contribution in [0.5, 0.6) is 0 Å². The third-order valence-electron chi connectivity index (χ3n) is 4.72. The van der Waals surface area contributed by atoms with Crippen LogP contribution in [-0.4, -0.2) is 29.8 Å². The minimum atomic E-state index is 0.155. The molecule has 4 N–H and O–H groups in total. The zero-order valence-corrected chi connectivity index (χ0v) is 10.4. The summed E-state index contributed by atoms with van der Waals surface area (Å²) in [5, 5.41) is 13.2. The maximum atomic E-state index is 9.36. The van der Waals surface area contributed by atoms with E-state index in [9.17, 15) is 5.11 Å². The van der Waals surface area contributed by atoms with E-state index in [1.807, 2.05) is 0 Å². The maximum absolute atomic E-state index is 9.36. The molecule has 0 radical (unpaired) electrons. The van der Waals surface area contributed by atoms with Crippen molar-refractivity contribution < 1.29 is 5.11 Å². The normalized spacial score (nSPS) is 33.9. The average molecular weight is 226 g/mol. The fourth-order valence-electron chi connectivity index (χ4n) is 3.33. The molecule has 3 heteroatoms. The molecule has 0 amide bonds. The largest absolute Gasteiger partial charge is 0.396 e. The average Bonchev–Trinajstić information content (AvgIpc) is 3.07. The first-order valence-electron chi connectivity index (χ1n) is 6.84. The van der Waals surface area contributed by atoms with Gasteiger partial charge in [-0.2, -0.15) is 0 Å². The first kappa shape index (κ1) is 12.3. The number of aliphatic hydroxyl groups excluding tert-OH is 1. The SMILES string of the molecule is CCC(CN)(NC1CCCC1CO)C1CC1. The van der Waals surface area contributed by atoms with Crippen molar-refractivity contribution in [2.75, 3.05) is 13.2 Å². The quantitative estimate of drug-likeness (QED) is 0.639. The maximum Gasteiger partial charge on any atom is 0.0474 e. The molecule has 2 aliphatic carbocycles. The first-order valence-corrected chi connectivity index (χ1v) is 6.84. The van der Waals surface area contributed by atoms with E-state index < -0.39 is 0 Å². The van der Waals surface area contributed by atoms with Gasteiger partial charge in [-0.15, -0.1) is 0 Å². The van der Waals surface area contributed by atoms with E-state index >= 15 is 0 Å². The molecule has 0 aromatic carbocycles. The zero-order chi connectivity index (χ0) is 11.6. The monoisotopic (exact) mass is 226 g/mol. The van der Waals surface area contributed by atoms with Crippen LogP contribution in [0.25, 0.3) is 0 Å². The number of hydrogen-bond acceptors (Lipinski definition) is 3. The molecule has 2 saturated carbocycles. The number of aliphatic hydroxyl groups is 1. The standard InChI is InChI=1S/C13H26N2O/c1-2-13(9-14,11-6-7-11)15-12-5-3-4-10(12)8-16/h10-12,15-16H,2-9,14H2,1H3. The van der Waals surface area contributed by atoms with Crippen LogP contribution in [0, 0.1) is 11.8 Å². The van der Waals surface area contributed by atoms with Crippen molar-refractivity contribution in [3.05, 3.63) is 0 Å². The van der Waals surface area contributed by atoms with E-state index in [0.717, 1.165) is 18.9 Å². The van der Waals surface area contributed by atoms with Gasteiger partial charge in [0.1, 0.15) is 0 Å². The van der Waals surface area contributed by atoms with E-state index in [0.29, 0.717) is 18.6 Å². The molecule has 0 heterocycles. The van der Waals surface area contributed by atoms with Gasteiger partial charge in [0.15, 0.2) is 0 Å². The summed E-state index contributed by atoms with van der Waals surface area (Å²) >= 11 is 0. The minimum absolute atomic E-state index is 0.155. The van der Waals surface area contributed by atoms with Crippen LogP contribution in [0.4, 0.5) is 0 Å². The second-order valence-corrected chi connectivity index (χ2v) is 5.61. The Bertz CT molecular complexity index is 224. The van der Waals surface area contributed by atoms with Crippen LogP contribution in [0.15, 0.2) is 0 Å². The van der Waals surface area contributed by atoms with Crippen LogP contribution in [0.2, 0.25) is 0 Å². The van der Waals surface area contributed by atoms with Crippen molar-refractivity contribution >= 4 is 0 Å². The van der Waals surface area contributed by atoms with Crippen molar-refractivity contribution in [2.24, 2.45) is 17.6 Å². The van der Waals surface area contributed by atoms with Crippen molar-refractivity contribution in [1.82, 2.24) is 5.32 Å². The van der Waals surface area contributed by atoms with Gasteiger partial charge >= 0.3 is 0 Å². The first-order chi connectivity index (χ1) is 7.75. The van der Waals surface area contributed by atoms with Crippen LogP contribution in [-0.2, 0) is 0 Å². The van der Waals surface area contributed by atoms with Crippen LogP contribution in [0.3, 0.4) is 0 Å². The van der Waals surface area contributed by atoms with Gasteiger partial charge in [-0.05, 0) is 43.9 Å². The minimum Gasteiger partial charge on any atom is -0.396 e. The second kappa shape index (κ2) is 5.03. The fraction of sp³-hybridized carbons (Fsp3) is 1.00. The van der Waals surface area contributed by atoms with Gasteiger partial charge < -0.3 is 16.2 Å². The van der Waals surface area contributed by atoms with Gasteiger partial charge in [-0.3, -0.25) is 0 Å². The van der Waals surface area contributed by atoms with Gasteiger partial charge in [-0.25, -0.2) is 0 Å². The molecular formula is C13H26N2O. The molecular weight excluding hydrogens is 200 g/mol. The number of nitrogens with one attached hydrogen (secondary N) is 1. The van der Waals surface area contributed by atoms with E-state index in [1.54, 1.807) is 0 Å². The van der Waals surface area contributed by atoms with Crippen LogP contribution in [0.1, 0.15) is 45.4 Å². The van der Waals surface area contributed by atoms with E-state index in [1.165, 1.54) is 32.1 Å². The summed E-state index contributed by atoms with van der Waals surface area (Å²) in [4.78, 5) is 0. The van der Waals surface area contributed by atoms with Crippen molar-refractivity contribution in [3.8, 4) is 0 Å². The summed E-state index contributed by atoms with van der Waals surface area (Å²) < 4.78 is 0. The lowest BCUT2D eigenvalue weighted by molar-refractivity contribution is 0.167. The number of nitrogens with two attached hydrogens (primary N) is 1. The lowest BCUT2D eigenvalue weighted by atomic mass is 9.87. The Morgan fingerprint density at radius 1 is 1.31 bits per heavy atom. The van der Waals surface area contributed by atoms with Gasteiger partial charge in [-0.1, -0.05) is 13.3 Å². The van der Waals surface area contributed by atoms with E-state index in [-0.39, 0.29) is 5.54 Å². The van der Waals surface area contributed by atoms with E-state index in [4.69, 9.17) is 5.73 Å². The summed E-state index contributed by atoms with van der Waals surface area (Å²) in [6, 6.07) is 0.495. The number of rotatable bonds is 6. The van der Waals surface area contributed by atoms with Crippen LogP contribution >= 0.6 is 0 Å². The fourth-order valence-corrected chi connectivity index (χ4v) is 3.33. The third kappa shape index (κ3) is 2.27. The van der Waals surface area contributed by atoms with Gasteiger partial charge in [0.05, 0.1) is 0 Å². The van der Waals surface area contributed by atoms with Gasteiger partial charge in [0.25, 0.3) is 0 Å². The smallest absolute Gasteiger partial charge is 0.0474 e. The summed E-state index contributed by atoms with van der Waals surface area (Å²) in [5.74, 6) is 1.23. The molecule has 0 saturated heterocycles. The summed E-state index contributed by atoms with van der Waals surface area (Å²) in [5.41, 5.74) is 6.15. The molecule has 3 atom stereocenters. The molecule has 94 valence electrons. The number of hydrogen-bond donors (Lipinski definition) is 3. The lowest BCUT2D eigenvalue weighted by Crippen LogP contribution is -2.57. The predicted molar refractivity (Wildman–Crippen MR) is 66.2 cm³/mol. The molecule has 0 bridgehead atoms. The van der Waals surface area contributed by atoms with Crippen molar-refractivity contribution in [2.45, 2.75) is 57.0 Å². The molecule has 0 aromatic rings. The summed E-state index contributed by atoms with van der Waals surface area (Å²) in [6.07, 6.45) is 7.40. The Kier molecular flexibility index (Phi) is 3.88. The zero-order valence-electron chi connectivity index (χ0n) is 10.4. The highest BCUT2D eigenvalue weighted by molar-refractivity contribution is 5.03. The van der Waals surface area contributed by atoms with Crippen molar-refractivity contribution in [3.63, 3.8) is 0 Å². The molecule has 2 rings (SSSR count). The Hall–Kier alpha value is -0.120. The molecule has 16 heavy (non-hydrogen) atoms. The molecule has 0 aliphatic heterocycles. The molecule has 0 aromatic heterocycles. The highest BCUT2D eigenvalue weighted by atomic mass is 16.3. The van der Waals surface area contributed by atoms with E-state index in [2.05, 4.69) is 12.2 Å².